The molecule has 5 aromatic rings. The molecule has 6 aliphatic rings. The van der Waals surface area contributed by atoms with Crippen LogP contribution in [0.25, 0.3) is 38.3 Å². The van der Waals surface area contributed by atoms with Crippen LogP contribution in [0, 0.1) is 23.7 Å². The molecule has 0 spiro atoms. The van der Waals surface area contributed by atoms with Gasteiger partial charge in [-0.3, -0.25) is 4.90 Å². The molecule has 0 radical (unpaired) electrons. The van der Waals surface area contributed by atoms with Gasteiger partial charge in [0.15, 0.2) is 0 Å². The Bertz CT molecular complexity index is 1980. The maximum Gasteiger partial charge on any atom is 0.0547 e. The molecule has 4 saturated carbocycles. The van der Waals surface area contributed by atoms with E-state index >= 15 is 0 Å². The number of rotatable bonds is 2. The van der Waals surface area contributed by atoms with Gasteiger partial charge in [0.25, 0.3) is 0 Å². The van der Waals surface area contributed by atoms with Crippen molar-refractivity contribution >= 4 is 44.3 Å². The van der Waals surface area contributed by atoms with E-state index < -0.39 is 0 Å². The van der Waals surface area contributed by atoms with Gasteiger partial charge in [0.2, 0.25) is 0 Å². The van der Waals surface area contributed by atoms with Crippen molar-refractivity contribution in [1.82, 2.24) is 9.47 Å². The van der Waals surface area contributed by atoms with Gasteiger partial charge in [-0.1, -0.05) is 86.7 Å². The van der Waals surface area contributed by atoms with Crippen molar-refractivity contribution in [2.75, 3.05) is 0 Å². The summed E-state index contributed by atoms with van der Waals surface area (Å²) in [4.78, 5) is 3.31. The first-order chi connectivity index (χ1) is 23.3. The van der Waals surface area contributed by atoms with E-state index in [1.165, 1.54) is 109 Å². The molecule has 47 heavy (non-hydrogen) atoms. The lowest BCUT2D eigenvalue weighted by Gasteiger charge is -2.67. The third-order valence-corrected chi connectivity index (χ3v) is 16.2. The third kappa shape index (κ3) is 4.14. The zero-order chi connectivity index (χ0) is 30.6. The summed E-state index contributed by atoms with van der Waals surface area (Å²) >= 11 is 2.49. The number of nitrogens with zero attached hydrogens (tertiary/aromatic N) is 2. The minimum absolute atomic E-state index is 0.667. The van der Waals surface area contributed by atoms with Crippen molar-refractivity contribution < 1.29 is 0 Å². The van der Waals surface area contributed by atoms with Gasteiger partial charge in [-0.25, -0.2) is 0 Å². The molecule has 10 unspecified atom stereocenters. The van der Waals surface area contributed by atoms with Crippen LogP contribution in [0.3, 0.4) is 0 Å². The molecule has 10 atom stereocenters. The van der Waals surface area contributed by atoms with Gasteiger partial charge in [0.05, 0.1) is 11.0 Å². The molecule has 4 aliphatic carbocycles. The Morgan fingerprint density at radius 3 is 2.34 bits per heavy atom. The van der Waals surface area contributed by atoms with Gasteiger partial charge in [0.1, 0.15) is 0 Å². The van der Waals surface area contributed by atoms with Crippen LogP contribution < -0.4 is 0 Å². The Kier molecular flexibility index (Phi) is 6.51. The first-order valence-corrected chi connectivity index (χ1v) is 20.2. The topological polar surface area (TPSA) is 8.17 Å². The van der Waals surface area contributed by atoms with Gasteiger partial charge in [-0.15, -0.1) is 0 Å². The second-order valence-electron chi connectivity index (χ2n) is 16.4. The molecule has 0 amide bonds. The number of benzene rings is 4. The molecule has 6 fully saturated rings. The fourth-order valence-electron chi connectivity index (χ4n) is 12.8. The van der Waals surface area contributed by atoms with Crippen LogP contribution in [0.1, 0.15) is 88.5 Å². The first kappa shape index (κ1) is 28.1. The number of piperidine rings is 1. The van der Waals surface area contributed by atoms with E-state index in [1.54, 1.807) is 12.0 Å². The largest absolute Gasteiger partial charge is 0.309 e. The highest BCUT2D eigenvalue weighted by molar-refractivity contribution is 8.00. The highest BCUT2D eigenvalue weighted by atomic mass is 32.2. The van der Waals surface area contributed by atoms with Crippen LogP contribution in [0.2, 0.25) is 0 Å². The van der Waals surface area contributed by atoms with Crippen molar-refractivity contribution in [3.63, 3.8) is 0 Å². The molecular weight excluding hydrogens is 589 g/mol. The number of hydrogen-bond acceptors (Lipinski definition) is 2. The van der Waals surface area contributed by atoms with E-state index in [1.807, 2.05) is 0 Å². The highest BCUT2D eigenvalue weighted by Gasteiger charge is 2.60. The molecular formula is C44H48N2S. The Morgan fingerprint density at radius 1 is 0.596 bits per heavy atom. The lowest BCUT2D eigenvalue weighted by atomic mass is 9.53. The number of hydrogen-bond donors (Lipinski definition) is 0. The molecule has 11 rings (SSSR count). The minimum Gasteiger partial charge on any atom is -0.309 e. The Labute approximate surface area is 284 Å². The van der Waals surface area contributed by atoms with Crippen LogP contribution in [-0.2, 0) is 0 Å². The lowest BCUT2D eigenvalue weighted by Crippen LogP contribution is -2.72. The summed E-state index contributed by atoms with van der Waals surface area (Å²) in [7, 11) is 0. The number of para-hydroxylation sites is 1. The highest BCUT2D eigenvalue weighted by Crippen LogP contribution is 2.61. The van der Waals surface area contributed by atoms with Gasteiger partial charge < -0.3 is 4.57 Å². The molecule has 4 aromatic carbocycles. The fourth-order valence-corrected chi connectivity index (χ4v) is 14.9. The predicted octanol–water partition coefficient (Wildman–Crippen LogP) is 11.1. The molecule has 3 heterocycles. The first-order valence-electron chi connectivity index (χ1n) is 19.3. The fraction of sp³-hybridized carbons (Fsp3) is 0.500. The maximum absolute atomic E-state index is 3.31. The van der Waals surface area contributed by atoms with Crippen molar-refractivity contribution in [2.24, 2.45) is 23.7 Å². The van der Waals surface area contributed by atoms with Gasteiger partial charge in [-0.2, -0.15) is 11.8 Å². The SMILES string of the molecule is c1ccc(-n2c3ccc(C4CCC5C(C4)SC4CCCC6C7CCCC8CCCC(C87)N5C46)cc3c3c4ccccc4ccc32)cc1. The maximum atomic E-state index is 3.31. The Balaban J connectivity index is 0.980. The van der Waals surface area contributed by atoms with Crippen molar-refractivity contribution in [3.8, 4) is 5.69 Å². The number of thioether (sulfide) groups is 1. The molecule has 2 nitrogen and oxygen atoms in total. The quantitative estimate of drug-likeness (QED) is 0.190. The lowest BCUT2D eigenvalue weighted by molar-refractivity contribution is -0.138. The van der Waals surface area contributed by atoms with Crippen LogP contribution in [0.4, 0.5) is 0 Å². The van der Waals surface area contributed by atoms with Crippen LogP contribution in [-0.4, -0.2) is 38.1 Å². The van der Waals surface area contributed by atoms with E-state index in [0.29, 0.717) is 5.92 Å². The monoisotopic (exact) mass is 636 g/mol. The predicted molar refractivity (Wildman–Crippen MR) is 199 cm³/mol. The number of aromatic nitrogens is 1. The summed E-state index contributed by atoms with van der Waals surface area (Å²) in [5.74, 6) is 4.79. The molecule has 2 aliphatic heterocycles. The van der Waals surface area contributed by atoms with E-state index in [-0.39, 0.29) is 0 Å². The smallest absolute Gasteiger partial charge is 0.0547 e. The molecule has 0 N–H and O–H groups in total. The molecule has 240 valence electrons. The van der Waals surface area contributed by atoms with Crippen LogP contribution in [0.15, 0.2) is 84.9 Å². The summed E-state index contributed by atoms with van der Waals surface area (Å²) < 4.78 is 2.50. The second kappa shape index (κ2) is 10.9. The Hall–Kier alpha value is -2.75. The van der Waals surface area contributed by atoms with E-state index in [9.17, 15) is 0 Å². The zero-order valence-electron chi connectivity index (χ0n) is 27.6. The standard InChI is InChI=1S/C44H48N2S/c1-2-12-31(13-3-1)45-36-22-20-29(25-35(36)43-32-14-5-4-9-27(32)19-24-39(43)45)30-21-23-37-41(26-30)47-40-18-8-16-34-33-15-6-10-28-11-7-17-38(42(28)33)46(37)44(34)40/h1-5,9,12-14,19-20,22,24-25,28,30,33-34,37-38,40-42,44H,6-8,10-11,15-18,21,23,26H2. The molecule has 0 bridgehead atoms. The summed E-state index contributed by atoms with van der Waals surface area (Å²) in [5, 5.41) is 7.25. The van der Waals surface area contributed by atoms with Crippen molar-refractivity contribution in [1.29, 1.82) is 0 Å². The average Bonchev–Trinajstić information content (AvgIpc) is 3.47. The zero-order valence-corrected chi connectivity index (χ0v) is 28.5. The molecule has 1 aromatic heterocycles. The van der Waals surface area contributed by atoms with Crippen molar-refractivity contribution in [3.05, 3.63) is 90.5 Å². The van der Waals surface area contributed by atoms with E-state index in [4.69, 9.17) is 0 Å². The Morgan fingerprint density at radius 2 is 1.40 bits per heavy atom. The van der Waals surface area contributed by atoms with E-state index in [2.05, 4.69) is 106 Å². The second-order valence-corrected chi connectivity index (χ2v) is 17.9. The summed E-state index contributed by atoms with van der Waals surface area (Å²) in [6, 6.07) is 34.9. The normalized spacial score (nSPS) is 36.6. The summed E-state index contributed by atoms with van der Waals surface area (Å²) in [6.45, 7) is 0. The van der Waals surface area contributed by atoms with Gasteiger partial charge in [-0.05, 0) is 121 Å². The van der Waals surface area contributed by atoms with Crippen LogP contribution >= 0.6 is 11.8 Å². The summed E-state index contributed by atoms with van der Waals surface area (Å²) in [5.41, 5.74) is 5.50. The molecule has 2 saturated heterocycles. The number of fused-ring (bicyclic) bond motifs is 9. The van der Waals surface area contributed by atoms with E-state index in [0.717, 1.165) is 52.3 Å². The van der Waals surface area contributed by atoms with Crippen molar-refractivity contribution in [2.45, 2.75) is 112 Å². The van der Waals surface area contributed by atoms with Gasteiger partial charge in [0, 0.05) is 45.1 Å². The average molecular weight is 637 g/mol. The van der Waals surface area contributed by atoms with Crippen LogP contribution in [0.5, 0.6) is 0 Å². The minimum atomic E-state index is 0.667. The summed E-state index contributed by atoms with van der Waals surface area (Å²) in [6.07, 6.45) is 17.8. The molecule has 3 heteroatoms. The van der Waals surface area contributed by atoms with Gasteiger partial charge >= 0.3 is 0 Å². The third-order valence-electron chi connectivity index (χ3n) is 14.4.